The van der Waals surface area contributed by atoms with Crippen LogP contribution < -0.4 is 5.32 Å². The van der Waals surface area contributed by atoms with E-state index >= 15 is 0 Å². The van der Waals surface area contributed by atoms with E-state index in [0.717, 1.165) is 36.2 Å². The van der Waals surface area contributed by atoms with Crippen LogP contribution in [0.1, 0.15) is 47.7 Å². The van der Waals surface area contributed by atoms with E-state index in [1.54, 1.807) is 5.57 Å². The number of carbonyl (C=O) groups is 1. The third kappa shape index (κ3) is 4.90. The third-order valence-corrected chi connectivity index (χ3v) is 7.18. The van der Waals surface area contributed by atoms with Gasteiger partial charge >= 0.3 is 0 Å². The number of fused-ring (bicyclic) bond motifs is 1. The molecule has 4 heteroatoms. The highest BCUT2D eigenvalue weighted by Crippen LogP contribution is 2.33. The SMILES string of the molecule is CC1=C(CN2CCCC2)CCc2cc(NC(=O)c3ccc(-c4ccc(Cl)cc4)cc3)ccc21. The van der Waals surface area contributed by atoms with Crippen LogP contribution >= 0.6 is 11.6 Å². The summed E-state index contributed by atoms with van der Waals surface area (Å²) in [6, 6.07) is 21.8. The monoisotopic (exact) mass is 456 g/mol. The quantitative estimate of drug-likeness (QED) is 0.445. The van der Waals surface area contributed by atoms with E-state index in [2.05, 4.69) is 29.3 Å². The molecule has 3 nitrogen and oxygen atoms in total. The van der Waals surface area contributed by atoms with Crippen LogP contribution in [0, 0.1) is 0 Å². The second-order valence-corrected chi connectivity index (χ2v) is 9.56. The number of amides is 1. The van der Waals surface area contributed by atoms with Gasteiger partial charge in [-0.1, -0.05) is 47.5 Å². The number of aryl methyl sites for hydroxylation is 1. The van der Waals surface area contributed by atoms with Gasteiger partial charge in [-0.2, -0.15) is 0 Å². The summed E-state index contributed by atoms with van der Waals surface area (Å²) >= 11 is 5.98. The number of halogens is 1. The first-order valence-electron chi connectivity index (χ1n) is 11.8. The molecule has 0 spiro atoms. The Morgan fingerprint density at radius 3 is 2.27 bits per heavy atom. The molecule has 1 aliphatic heterocycles. The Bertz CT molecular complexity index is 1190. The summed E-state index contributed by atoms with van der Waals surface area (Å²) in [5.41, 5.74) is 9.29. The molecule has 0 unspecified atom stereocenters. The first-order chi connectivity index (χ1) is 16.1. The maximum absolute atomic E-state index is 12.8. The number of allylic oxidation sites excluding steroid dienone is 1. The van der Waals surface area contributed by atoms with Crippen molar-refractivity contribution in [2.45, 2.75) is 32.6 Å². The molecule has 5 rings (SSSR count). The molecule has 33 heavy (non-hydrogen) atoms. The lowest BCUT2D eigenvalue weighted by molar-refractivity contribution is 0.102. The number of anilines is 1. The minimum Gasteiger partial charge on any atom is -0.322 e. The van der Waals surface area contributed by atoms with Crippen molar-refractivity contribution in [3.63, 3.8) is 0 Å². The van der Waals surface area contributed by atoms with E-state index in [9.17, 15) is 4.79 Å². The fourth-order valence-electron chi connectivity index (χ4n) is 4.98. The highest BCUT2D eigenvalue weighted by Gasteiger charge is 2.20. The lowest BCUT2D eigenvalue weighted by Gasteiger charge is -2.25. The molecule has 1 amide bonds. The van der Waals surface area contributed by atoms with E-state index in [-0.39, 0.29) is 5.91 Å². The molecule has 1 N–H and O–H groups in total. The summed E-state index contributed by atoms with van der Waals surface area (Å²) in [5, 5.41) is 3.80. The summed E-state index contributed by atoms with van der Waals surface area (Å²) in [5.74, 6) is -0.0876. The number of hydrogen-bond donors (Lipinski definition) is 1. The molecule has 0 atom stereocenters. The van der Waals surface area contributed by atoms with Gasteiger partial charge < -0.3 is 5.32 Å². The van der Waals surface area contributed by atoms with Gasteiger partial charge in [0.1, 0.15) is 0 Å². The van der Waals surface area contributed by atoms with Gasteiger partial charge in [0.2, 0.25) is 0 Å². The zero-order chi connectivity index (χ0) is 22.8. The van der Waals surface area contributed by atoms with Crippen molar-refractivity contribution in [3.05, 3.63) is 94.0 Å². The molecule has 1 fully saturated rings. The lowest BCUT2D eigenvalue weighted by atomic mass is 9.86. The van der Waals surface area contributed by atoms with E-state index in [1.807, 2.05) is 54.6 Å². The van der Waals surface area contributed by atoms with Gasteiger partial charge in [-0.15, -0.1) is 0 Å². The van der Waals surface area contributed by atoms with Crippen LogP contribution in [0.4, 0.5) is 5.69 Å². The smallest absolute Gasteiger partial charge is 0.255 e. The molecule has 1 aliphatic carbocycles. The van der Waals surface area contributed by atoms with Crippen molar-refractivity contribution in [1.29, 1.82) is 0 Å². The fourth-order valence-corrected chi connectivity index (χ4v) is 5.10. The van der Waals surface area contributed by atoms with Crippen LogP contribution in [0.3, 0.4) is 0 Å². The van der Waals surface area contributed by atoms with Gasteiger partial charge in [0.15, 0.2) is 0 Å². The molecule has 0 saturated carbocycles. The van der Waals surface area contributed by atoms with Crippen LogP contribution in [0.25, 0.3) is 16.7 Å². The molecule has 168 valence electrons. The van der Waals surface area contributed by atoms with Crippen molar-refractivity contribution in [2.24, 2.45) is 0 Å². The molecule has 3 aromatic rings. The number of likely N-dealkylation sites (tertiary alicyclic amines) is 1. The summed E-state index contributed by atoms with van der Waals surface area (Å²) in [7, 11) is 0. The summed E-state index contributed by atoms with van der Waals surface area (Å²) in [6.45, 7) is 5.82. The average molecular weight is 457 g/mol. The summed E-state index contributed by atoms with van der Waals surface area (Å²) in [4.78, 5) is 15.4. The Morgan fingerprint density at radius 2 is 1.58 bits per heavy atom. The zero-order valence-corrected chi connectivity index (χ0v) is 19.8. The average Bonchev–Trinajstić information content (AvgIpc) is 3.35. The largest absolute Gasteiger partial charge is 0.322 e. The van der Waals surface area contributed by atoms with Crippen LogP contribution in [0.15, 0.2) is 72.3 Å². The van der Waals surface area contributed by atoms with Crippen molar-refractivity contribution in [1.82, 2.24) is 4.90 Å². The Morgan fingerprint density at radius 1 is 0.909 bits per heavy atom. The maximum atomic E-state index is 12.8. The second kappa shape index (κ2) is 9.54. The molecule has 0 radical (unpaired) electrons. The molecule has 1 heterocycles. The number of rotatable bonds is 5. The van der Waals surface area contributed by atoms with Crippen molar-refractivity contribution >= 4 is 28.8 Å². The number of benzene rings is 3. The number of nitrogens with one attached hydrogen (secondary N) is 1. The normalized spacial score (nSPS) is 16.1. The van der Waals surface area contributed by atoms with Gasteiger partial charge in [0, 0.05) is 22.8 Å². The fraction of sp³-hybridized carbons (Fsp3) is 0.276. The summed E-state index contributed by atoms with van der Waals surface area (Å²) < 4.78 is 0. The summed E-state index contributed by atoms with van der Waals surface area (Å²) in [6.07, 6.45) is 4.81. The molecular formula is C29H29ClN2O. The van der Waals surface area contributed by atoms with Gasteiger partial charge in [-0.25, -0.2) is 0 Å². The lowest BCUT2D eigenvalue weighted by Crippen LogP contribution is -2.24. The molecule has 2 aliphatic rings. The van der Waals surface area contributed by atoms with Crippen LogP contribution in [0.2, 0.25) is 5.02 Å². The van der Waals surface area contributed by atoms with Crippen molar-refractivity contribution in [3.8, 4) is 11.1 Å². The molecule has 3 aromatic carbocycles. The first kappa shape index (κ1) is 21.9. The zero-order valence-electron chi connectivity index (χ0n) is 19.0. The topological polar surface area (TPSA) is 32.3 Å². The molecular weight excluding hydrogens is 428 g/mol. The van der Waals surface area contributed by atoms with Crippen LogP contribution in [-0.4, -0.2) is 30.4 Å². The van der Waals surface area contributed by atoms with Crippen LogP contribution in [0.5, 0.6) is 0 Å². The second-order valence-electron chi connectivity index (χ2n) is 9.12. The Labute approximate surface area is 201 Å². The van der Waals surface area contributed by atoms with Crippen molar-refractivity contribution in [2.75, 3.05) is 25.0 Å². The van der Waals surface area contributed by atoms with E-state index < -0.39 is 0 Å². The predicted octanol–water partition coefficient (Wildman–Crippen LogP) is 7.07. The molecule has 0 bridgehead atoms. The maximum Gasteiger partial charge on any atom is 0.255 e. The Kier molecular flexibility index (Phi) is 6.34. The minimum atomic E-state index is -0.0876. The van der Waals surface area contributed by atoms with Gasteiger partial charge in [0.05, 0.1) is 0 Å². The number of hydrogen-bond acceptors (Lipinski definition) is 2. The minimum absolute atomic E-state index is 0.0876. The Hall–Kier alpha value is -2.88. The third-order valence-electron chi connectivity index (χ3n) is 6.93. The highest BCUT2D eigenvalue weighted by molar-refractivity contribution is 6.30. The van der Waals surface area contributed by atoms with Gasteiger partial charge in [-0.05, 0) is 110 Å². The van der Waals surface area contributed by atoms with Gasteiger partial charge in [-0.3, -0.25) is 9.69 Å². The predicted molar refractivity (Wildman–Crippen MR) is 138 cm³/mol. The standard InChI is InChI=1S/C29H29ClN2O/c1-20-25(19-32-16-2-3-17-32)9-8-24-18-27(14-15-28(20)24)31-29(33)23-6-4-21(5-7-23)22-10-12-26(30)13-11-22/h4-7,10-15,18H,2-3,8-9,16-17,19H2,1H3,(H,31,33). The first-order valence-corrected chi connectivity index (χ1v) is 12.2. The molecule has 1 saturated heterocycles. The van der Waals surface area contributed by atoms with Crippen LogP contribution in [-0.2, 0) is 6.42 Å². The van der Waals surface area contributed by atoms with E-state index in [4.69, 9.17) is 11.6 Å². The van der Waals surface area contributed by atoms with E-state index in [0.29, 0.717) is 10.6 Å². The van der Waals surface area contributed by atoms with Crippen molar-refractivity contribution < 1.29 is 4.79 Å². The highest BCUT2D eigenvalue weighted by atomic mass is 35.5. The number of nitrogens with zero attached hydrogens (tertiary/aromatic N) is 1. The Balaban J connectivity index is 1.28. The number of carbonyl (C=O) groups excluding carboxylic acids is 1. The van der Waals surface area contributed by atoms with Gasteiger partial charge in [0.25, 0.3) is 5.91 Å². The molecule has 0 aromatic heterocycles. The van der Waals surface area contributed by atoms with E-state index in [1.165, 1.54) is 42.6 Å².